The number of hydrogen-bond donors (Lipinski definition) is 1. The van der Waals surface area contributed by atoms with Gasteiger partial charge >= 0.3 is 0 Å². The van der Waals surface area contributed by atoms with Crippen LogP contribution in [-0.4, -0.2) is 61.2 Å². The van der Waals surface area contributed by atoms with Crippen LogP contribution in [0.1, 0.15) is 27.7 Å². The summed E-state index contributed by atoms with van der Waals surface area (Å²) in [4.78, 5) is 4.93. The zero-order chi connectivity index (χ0) is 13.1. The number of hydrogen-bond acceptors (Lipinski definition) is 3. The van der Waals surface area contributed by atoms with Gasteiger partial charge in [-0.15, -0.1) is 0 Å². The standard InChI is InChI=1S/C14H29N3/c1-12(9-15-14(3,4)5)10-17-8-7-16(6)13(2)11-17/h13,15H,1,7-11H2,2-6H3. The van der Waals surface area contributed by atoms with E-state index in [1.807, 2.05) is 0 Å². The van der Waals surface area contributed by atoms with Crippen LogP contribution in [0.5, 0.6) is 0 Å². The summed E-state index contributed by atoms with van der Waals surface area (Å²) >= 11 is 0. The van der Waals surface area contributed by atoms with Crippen molar-refractivity contribution >= 4 is 0 Å². The van der Waals surface area contributed by atoms with E-state index in [0.29, 0.717) is 6.04 Å². The van der Waals surface area contributed by atoms with Gasteiger partial charge in [-0.1, -0.05) is 6.58 Å². The third-order valence-corrected chi connectivity index (χ3v) is 3.36. The first-order valence-corrected chi connectivity index (χ1v) is 6.62. The molecule has 3 nitrogen and oxygen atoms in total. The lowest BCUT2D eigenvalue weighted by atomic mass is 10.1. The van der Waals surface area contributed by atoms with E-state index >= 15 is 0 Å². The van der Waals surface area contributed by atoms with E-state index in [1.54, 1.807) is 0 Å². The highest BCUT2D eigenvalue weighted by atomic mass is 15.3. The van der Waals surface area contributed by atoms with E-state index in [1.165, 1.54) is 12.1 Å². The maximum absolute atomic E-state index is 4.18. The van der Waals surface area contributed by atoms with Crippen LogP contribution < -0.4 is 5.32 Å². The Morgan fingerprint density at radius 1 is 1.35 bits per heavy atom. The van der Waals surface area contributed by atoms with Crippen molar-refractivity contribution in [3.05, 3.63) is 12.2 Å². The fourth-order valence-electron chi connectivity index (χ4n) is 2.03. The molecule has 100 valence electrons. The summed E-state index contributed by atoms with van der Waals surface area (Å²) in [5, 5.41) is 3.49. The molecule has 0 aromatic heterocycles. The van der Waals surface area contributed by atoms with Crippen LogP contribution in [-0.2, 0) is 0 Å². The minimum Gasteiger partial charge on any atom is -0.308 e. The summed E-state index contributed by atoms with van der Waals surface area (Å²) < 4.78 is 0. The van der Waals surface area contributed by atoms with Crippen LogP contribution in [0.25, 0.3) is 0 Å². The molecule has 3 heteroatoms. The second kappa shape index (κ2) is 5.98. The molecule has 0 radical (unpaired) electrons. The van der Waals surface area contributed by atoms with Gasteiger partial charge in [-0.25, -0.2) is 0 Å². The van der Waals surface area contributed by atoms with E-state index in [9.17, 15) is 0 Å². The van der Waals surface area contributed by atoms with Crippen molar-refractivity contribution in [1.29, 1.82) is 0 Å². The van der Waals surface area contributed by atoms with Gasteiger partial charge in [0.25, 0.3) is 0 Å². The smallest absolute Gasteiger partial charge is 0.0204 e. The Morgan fingerprint density at radius 2 is 2.00 bits per heavy atom. The fraction of sp³-hybridized carbons (Fsp3) is 0.857. The van der Waals surface area contributed by atoms with Crippen molar-refractivity contribution < 1.29 is 0 Å². The molecule has 1 atom stereocenters. The van der Waals surface area contributed by atoms with Crippen molar-refractivity contribution in [2.45, 2.75) is 39.3 Å². The molecule has 0 aromatic carbocycles. The van der Waals surface area contributed by atoms with Gasteiger partial charge in [0, 0.05) is 44.3 Å². The highest BCUT2D eigenvalue weighted by Crippen LogP contribution is 2.09. The number of rotatable bonds is 4. The number of nitrogens with zero attached hydrogens (tertiary/aromatic N) is 2. The minimum absolute atomic E-state index is 0.179. The first kappa shape index (κ1) is 14.7. The van der Waals surface area contributed by atoms with Gasteiger partial charge in [-0.05, 0) is 40.3 Å². The average Bonchev–Trinajstić information content (AvgIpc) is 2.20. The molecule has 0 aliphatic carbocycles. The minimum atomic E-state index is 0.179. The Hall–Kier alpha value is -0.380. The van der Waals surface area contributed by atoms with Crippen molar-refractivity contribution in [3.8, 4) is 0 Å². The van der Waals surface area contributed by atoms with Gasteiger partial charge in [0.1, 0.15) is 0 Å². The molecule has 0 bridgehead atoms. The molecular weight excluding hydrogens is 210 g/mol. The Labute approximate surface area is 107 Å². The predicted molar refractivity (Wildman–Crippen MR) is 75.4 cm³/mol. The molecule has 0 aromatic rings. The SMILES string of the molecule is C=C(CNC(C)(C)C)CN1CCN(C)C(C)C1. The lowest BCUT2D eigenvalue weighted by Gasteiger charge is -2.38. The molecule has 1 rings (SSSR count). The molecule has 1 unspecified atom stereocenters. The summed E-state index contributed by atoms with van der Waals surface area (Å²) in [6.07, 6.45) is 0. The predicted octanol–water partition coefficient (Wildman–Crippen LogP) is 1.57. The molecule has 1 saturated heterocycles. The molecule has 0 amide bonds. The van der Waals surface area contributed by atoms with E-state index in [4.69, 9.17) is 0 Å². The summed E-state index contributed by atoms with van der Waals surface area (Å²) in [5.41, 5.74) is 1.47. The summed E-state index contributed by atoms with van der Waals surface area (Å²) in [7, 11) is 2.21. The van der Waals surface area contributed by atoms with E-state index < -0.39 is 0 Å². The molecule has 1 N–H and O–H groups in total. The average molecular weight is 239 g/mol. The highest BCUT2D eigenvalue weighted by molar-refractivity contribution is 5.02. The Bertz CT molecular complexity index is 255. The van der Waals surface area contributed by atoms with Crippen LogP contribution >= 0.6 is 0 Å². The fourth-order valence-corrected chi connectivity index (χ4v) is 2.03. The van der Waals surface area contributed by atoms with Crippen LogP contribution in [0.15, 0.2) is 12.2 Å². The van der Waals surface area contributed by atoms with Crippen LogP contribution in [0.2, 0.25) is 0 Å². The van der Waals surface area contributed by atoms with Gasteiger partial charge in [0.05, 0.1) is 0 Å². The van der Waals surface area contributed by atoms with E-state index in [-0.39, 0.29) is 5.54 Å². The maximum Gasteiger partial charge on any atom is 0.0204 e. The van der Waals surface area contributed by atoms with Crippen molar-refractivity contribution in [2.75, 3.05) is 39.8 Å². The molecule has 1 aliphatic rings. The molecule has 17 heavy (non-hydrogen) atoms. The Morgan fingerprint density at radius 3 is 2.53 bits per heavy atom. The first-order valence-electron chi connectivity index (χ1n) is 6.62. The first-order chi connectivity index (χ1) is 7.78. The highest BCUT2D eigenvalue weighted by Gasteiger charge is 2.20. The monoisotopic (exact) mass is 239 g/mol. The Kier molecular flexibility index (Phi) is 5.17. The van der Waals surface area contributed by atoms with Crippen molar-refractivity contribution in [3.63, 3.8) is 0 Å². The van der Waals surface area contributed by atoms with Gasteiger partial charge in [-0.3, -0.25) is 4.90 Å². The second-order valence-corrected chi connectivity index (χ2v) is 6.42. The summed E-state index contributed by atoms with van der Waals surface area (Å²) in [6, 6.07) is 0.659. The molecule has 1 fully saturated rings. The lowest BCUT2D eigenvalue weighted by Crippen LogP contribution is -2.50. The van der Waals surface area contributed by atoms with E-state index in [0.717, 1.165) is 26.2 Å². The topological polar surface area (TPSA) is 18.5 Å². The van der Waals surface area contributed by atoms with Crippen LogP contribution in [0.3, 0.4) is 0 Å². The lowest BCUT2D eigenvalue weighted by molar-refractivity contribution is 0.112. The number of nitrogens with one attached hydrogen (secondary N) is 1. The largest absolute Gasteiger partial charge is 0.308 e. The van der Waals surface area contributed by atoms with Crippen molar-refractivity contribution in [1.82, 2.24) is 15.1 Å². The number of likely N-dealkylation sites (N-methyl/N-ethyl adjacent to an activating group) is 1. The van der Waals surface area contributed by atoms with Gasteiger partial charge in [0.2, 0.25) is 0 Å². The summed E-state index contributed by atoms with van der Waals surface area (Å²) in [6.45, 7) is 18.5. The third kappa shape index (κ3) is 5.66. The van der Waals surface area contributed by atoms with Gasteiger partial charge in [0.15, 0.2) is 0 Å². The summed E-state index contributed by atoms with van der Waals surface area (Å²) in [5.74, 6) is 0. The van der Waals surface area contributed by atoms with Gasteiger partial charge < -0.3 is 10.2 Å². The molecule has 1 aliphatic heterocycles. The van der Waals surface area contributed by atoms with Crippen LogP contribution in [0.4, 0.5) is 0 Å². The van der Waals surface area contributed by atoms with Crippen molar-refractivity contribution in [2.24, 2.45) is 0 Å². The van der Waals surface area contributed by atoms with Gasteiger partial charge in [-0.2, -0.15) is 0 Å². The second-order valence-electron chi connectivity index (χ2n) is 6.42. The zero-order valence-electron chi connectivity index (χ0n) is 12.2. The maximum atomic E-state index is 4.18. The normalized spacial score (nSPS) is 23.9. The quantitative estimate of drug-likeness (QED) is 0.751. The third-order valence-electron chi connectivity index (χ3n) is 3.36. The molecule has 1 heterocycles. The number of piperazine rings is 1. The molecular formula is C14H29N3. The van der Waals surface area contributed by atoms with E-state index in [2.05, 4.69) is 56.4 Å². The zero-order valence-corrected chi connectivity index (χ0v) is 12.2. The molecule has 0 saturated carbocycles. The van der Waals surface area contributed by atoms with Crippen LogP contribution in [0, 0.1) is 0 Å². The Balaban J connectivity index is 2.27. The molecule has 0 spiro atoms.